The van der Waals surface area contributed by atoms with Crippen LogP contribution in [0, 0.1) is 17.7 Å². The number of ether oxygens (including phenoxy) is 1. The summed E-state index contributed by atoms with van der Waals surface area (Å²) >= 11 is 4.25. The van der Waals surface area contributed by atoms with Crippen LogP contribution in [-0.2, 0) is 22.9 Å². The quantitative estimate of drug-likeness (QED) is 0.586. The first-order valence-corrected chi connectivity index (χ1v) is 12.0. The van der Waals surface area contributed by atoms with Crippen molar-refractivity contribution < 1.29 is 29.9 Å². The summed E-state index contributed by atoms with van der Waals surface area (Å²) in [6.45, 7) is 0.168. The van der Waals surface area contributed by atoms with Gasteiger partial charge in [-0.15, -0.1) is 5.56 Å². The second-order valence-electron chi connectivity index (χ2n) is 3.23. The molecule has 0 aliphatic rings. The Morgan fingerprint density at radius 1 is 1.11 bits per heavy atom. The fraction of sp³-hybridized carbons (Fsp3) is 0.0769. The van der Waals surface area contributed by atoms with Crippen molar-refractivity contribution in [3.05, 3.63) is 65.7 Å². The van der Waals surface area contributed by atoms with Crippen LogP contribution in [0.5, 0.6) is 5.75 Å². The van der Waals surface area contributed by atoms with Crippen LogP contribution < -0.4 is 4.74 Å². The van der Waals surface area contributed by atoms with E-state index in [9.17, 15) is 8.78 Å². The molecule has 0 spiro atoms. The Hall–Kier alpha value is -0.797. The molecule has 0 fully saturated rings. The molecular formula is C13H9BrF2OZn. The second kappa shape index (κ2) is 8.33. The molecule has 2 aromatic carbocycles. The van der Waals surface area contributed by atoms with Gasteiger partial charge in [-0.25, -0.2) is 4.39 Å². The fourth-order valence-corrected chi connectivity index (χ4v) is 1.27. The number of benzene rings is 2. The van der Waals surface area contributed by atoms with Crippen LogP contribution in [0.2, 0.25) is 0 Å². The molecule has 1 nitrogen and oxygen atoms in total. The molecule has 2 rings (SSSR count). The minimum absolute atomic E-state index is 0.0859. The summed E-state index contributed by atoms with van der Waals surface area (Å²) in [5.74, 6) is -1.95. The molecule has 90 valence electrons. The molecule has 0 aliphatic heterocycles. The van der Waals surface area contributed by atoms with Gasteiger partial charge in [-0.2, -0.15) is 34.7 Å². The summed E-state index contributed by atoms with van der Waals surface area (Å²) in [7, 11) is 0. The molecule has 0 radical (unpaired) electrons. The van der Waals surface area contributed by atoms with E-state index in [2.05, 4.69) is 19.7 Å². The monoisotopic (exact) mass is 362 g/mol. The van der Waals surface area contributed by atoms with Gasteiger partial charge in [-0.3, -0.25) is 0 Å². The third-order valence-electron chi connectivity index (χ3n) is 2.07. The summed E-state index contributed by atoms with van der Waals surface area (Å²) in [5.41, 5.74) is 0.783. The third-order valence-corrected chi connectivity index (χ3v) is 2.07. The molecule has 18 heavy (non-hydrogen) atoms. The third kappa shape index (κ3) is 4.47. The van der Waals surface area contributed by atoms with Crippen molar-refractivity contribution in [3.63, 3.8) is 0 Å². The van der Waals surface area contributed by atoms with Crippen LogP contribution in [0.15, 0.2) is 42.5 Å². The van der Waals surface area contributed by atoms with Gasteiger partial charge in [-0.05, 0) is 12.1 Å². The van der Waals surface area contributed by atoms with Crippen molar-refractivity contribution in [1.82, 2.24) is 0 Å². The zero-order chi connectivity index (χ0) is 13.4. The van der Waals surface area contributed by atoms with Crippen molar-refractivity contribution in [2.75, 3.05) is 0 Å². The maximum absolute atomic E-state index is 13.2. The van der Waals surface area contributed by atoms with E-state index < -0.39 is 11.6 Å². The maximum atomic E-state index is 13.2. The minimum atomic E-state index is -0.960. The van der Waals surface area contributed by atoms with E-state index in [-0.39, 0.29) is 12.4 Å². The van der Waals surface area contributed by atoms with Crippen LogP contribution in [0.1, 0.15) is 5.56 Å². The molecule has 0 bridgehead atoms. The molecule has 0 aliphatic carbocycles. The van der Waals surface area contributed by atoms with Crippen LogP contribution >= 0.6 is 13.6 Å². The van der Waals surface area contributed by atoms with Crippen molar-refractivity contribution in [2.45, 2.75) is 6.61 Å². The fourth-order valence-electron chi connectivity index (χ4n) is 1.27. The van der Waals surface area contributed by atoms with Crippen LogP contribution in [-0.4, -0.2) is 0 Å². The predicted octanol–water partition coefficient (Wildman–Crippen LogP) is 4.19. The molecular weight excluding hydrogens is 355 g/mol. The van der Waals surface area contributed by atoms with Crippen molar-refractivity contribution in [1.29, 1.82) is 0 Å². The molecule has 5 heteroatoms. The summed E-state index contributed by atoms with van der Waals surface area (Å²) in [6, 6.07) is 14.0. The Morgan fingerprint density at radius 2 is 1.89 bits per heavy atom. The summed E-state index contributed by atoms with van der Waals surface area (Å²) in [6.07, 6.45) is 0. The van der Waals surface area contributed by atoms with Gasteiger partial charge < -0.3 is 4.74 Å². The molecule has 2 aromatic rings. The van der Waals surface area contributed by atoms with E-state index >= 15 is 0 Å². The zero-order valence-electron chi connectivity index (χ0n) is 9.50. The predicted molar refractivity (Wildman–Crippen MR) is 64.9 cm³/mol. The molecule has 0 aromatic heterocycles. The molecule has 0 unspecified atom stereocenters. The van der Waals surface area contributed by atoms with Gasteiger partial charge in [0, 0.05) is 0 Å². The van der Waals surface area contributed by atoms with E-state index in [1.165, 1.54) is 28.5 Å². The average Bonchev–Trinajstić information content (AvgIpc) is 2.44. The van der Waals surface area contributed by atoms with E-state index in [1.54, 1.807) is 12.1 Å². The van der Waals surface area contributed by atoms with Gasteiger partial charge >= 0.3 is 30.0 Å². The number of halogens is 3. The summed E-state index contributed by atoms with van der Waals surface area (Å²) < 4.78 is 31.2. The molecule has 0 atom stereocenters. The summed E-state index contributed by atoms with van der Waals surface area (Å²) in [4.78, 5) is 0. The Labute approximate surface area is 121 Å². The number of hydrogen-bond acceptors (Lipinski definition) is 1. The molecule has 0 amide bonds. The SMILES string of the molecule is Fc1cccc(OCc2[c-]cccc2)c1F.[Zn+][Br]. The zero-order valence-corrected chi connectivity index (χ0v) is 14.1. The molecule has 0 N–H and O–H groups in total. The second-order valence-corrected chi connectivity index (χ2v) is 3.23. The van der Waals surface area contributed by atoms with Gasteiger partial charge in [-0.1, -0.05) is 6.07 Å². The first-order chi connectivity index (χ1) is 8.77. The normalized spacial score (nSPS) is 9.39. The van der Waals surface area contributed by atoms with Crippen LogP contribution in [0.4, 0.5) is 8.78 Å². The first-order valence-electron chi connectivity index (χ1n) is 5.06. The van der Waals surface area contributed by atoms with Gasteiger partial charge in [0.1, 0.15) is 0 Å². The Bertz CT molecular complexity index is 480. The van der Waals surface area contributed by atoms with E-state index in [1.807, 2.05) is 12.1 Å². The summed E-state index contributed by atoms with van der Waals surface area (Å²) in [5, 5.41) is 0. The topological polar surface area (TPSA) is 9.23 Å². The number of hydrogen-bond donors (Lipinski definition) is 0. The van der Waals surface area contributed by atoms with Crippen molar-refractivity contribution in [2.24, 2.45) is 0 Å². The van der Waals surface area contributed by atoms with Crippen LogP contribution in [0.3, 0.4) is 0 Å². The van der Waals surface area contributed by atoms with Gasteiger partial charge in [0.15, 0.2) is 11.6 Å². The standard InChI is InChI=1S/C13H9F2O.BrH.Zn/c14-11-7-4-8-12(13(11)15)16-9-10-5-2-1-3-6-10;;/h1-5,7-8H,9H2;1H;/q-1;;+2/p-1. The molecule has 0 saturated carbocycles. The average molecular weight is 365 g/mol. The number of rotatable bonds is 3. The van der Waals surface area contributed by atoms with Gasteiger partial charge in [0.25, 0.3) is 0 Å². The Morgan fingerprint density at radius 3 is 2.56 bits per heavy atom. The van der Waals surface area contributed by atoms with Crippen LogP contribution in [0.25, 0.3) is 0 Å². The van der Waals surface area contributed by atoms with Crippen molar-refractivity contribution >= 4 is 13.6 Å². The van der Waals surface area contributed by atoms with E-state index in [4.69, 9.17) is 4.74 Å². The van der Waals surface area contributed by atoms with Gasteiger partial charge in [0.05, 0.1) is 6.61 Å². The van der Waals surface area contributed by atoms with Crippen molar-refractivity contribution in [3.8, 4) is 5.75 Å². The Kier molecular flexibility index (Phi) is 7.06. The van der Waals surface area contributed by atoms with E-state index in [0.717, 1.165) is 11.6 Å². The van der Waals surface area contributed by atoms with Gasteiger partial charge in [0.2, 0.25) is 5.82 Å². The molecule has 0 saturated heterocycles. The van der Waals surface area contributed by atoms with E-state index in [0.29, 0.717) is 0 Å². The molecule has 0 heterocycles. The first kappa shape index (κ1) is 15.3. The Balaban J connectivity index is 0.000000771.